The van der Waals surface area contributed by atoms with E-state index in [-0.39, 0.29) is 18.4 Å². The Balaban J connectivity index is 2.20. The van der Waals surface area contributed by atoms with Crippen molar-refractivity contribution in [1.82, 2.24) is 10.2 Å². The van der Waals surface area contributed by atoms with Gasteiger partial charge >= 0.3 is 5.97 Å². The van der Waals surface area contributed by atoms with E-state index in [0.29, 0.717) is 13.0 Å². The second-order valence-electron chi connectivity index (χ2n) is 6.17. The Labute approximate surface area is 138 Å². The molecule has 1 atom stereocenters. The van der Waals surface area contributed by atoms with Crippen LogP contribution >= 0.6 is 0 Å². The van der Waals surface area contributed by atoms with Crippen molar-refractivity contribution in [1.29, 1.82) is 0 Å². The maximum absolute atomic E-state index is 11.9. The number of nitrogens with one attached hydrogen (secondary N) is 1. The van der Waals surface area contributed by atoms with E-state index in [1.807, 2.05) is 37.2 Å². The topological polar surface area (TPSA) is 69.6 Å². The summed E-state index contributed by atoms with van der Waals surface area (Å²) in [5, 5.41) is 11.7. The Morgan fingerprint density at radius 3 is 2.43 bits per heavy atom. The van der Waals surface area contributed by atoms with Crippen molar-refractivity contribution in [3.8, 4) is 0 Å². The van der Waals surface area contributed by atoms with Crippen molar-refractivity contribution in [2.45, 2.75) is 44.6 Å². The third-order valence-electron chi connectivity index (χ3n) is 3.58. The van der Waals surface area contributed by atoms with Crippen LogP contribution in [0.25, 0.3) is 0 Å². The molecule has 0 heterocycles. The lowest BCUT2D eigenvalue weighted by molar-refractivity contribution is -0.137. The van der Waals surface area contributed by atoms with Gasteiger partial charge < -0.3 is 15.3 Å². The zero-order chi connectivity index (χ0) is 17.1. The first kappa shape index (κ1) is 19.2. The molecule has 0 saturated carbocycles. The minimum absolute atomic E-state index is 0.0437. The predicted octanol–water partition coefficient (Wildman–Crippen LogP) is 2.31. The van der Waals surface area contributed by atoms with E-state index in [1.165, 1.54) is 5.56 Å². The number of hydrogen-bond donors (Lipinski definition) is 2. The molecule has 0 aromatic heterocycles. The van der Waals surface area contributed by atoms with Gasteiger partial charge in [0.15, 0.2) is 0 Å². The molecule has 0 bridgehead atoms. The fraction of sp³-hybridized carbons (Fsp3) is 0.556. The van der Waals surface area contributed by atoms with E-state index in [4.69, 9.17) is 5.11 Å². The third kappa shape index (κ3) is 9.68. The van der Waals surface area contributed by atoms with Crippen molar-refractivity contribution in [2.75, 3.05) is 20.6 Å². The number of aryl methyl sites for hydroxylation is 1. The summed E-state index contributed by atoms with van der Waals surface area (Å²) in [5.74, 6) is -0.946. The average Bonchev–Trinajstić information content (AvgIpc) is 2.46. The number of aliphatic carboxylic acids is 1. The first-order valence-corrected chi connectivity index (χ1v) is 8.17. The molecule has 0 radical (unpaired) electrons. The molecule has 128 valence electrons. The molecule has 23 heavy (non-hydrogen) atoms. The Hall–Kier alpha value is -1.88. The fourth-order valence-electron chi connectivity index (χ4n) is 2.55. The molecule has 5 heteroatoms. The molecule has 0 aliphatic rings. The number of likely N-dealkylation sites (N-methyl/N-ethyl adjacent to an activating group) is 1. The van der Waals surface area contributed by atoms with E-state index in [9.17, 15) is 9.59 Å². The lowest BCUT2D eigenvalue weighted by atomic mass is 10.1. The van der Waals surface area contributed by atoms with Crippen LogP contribution in [0.3, 0.4) is 0 Å². The van der Waals surface area contributed by atoms with Crippen LogP contribution in [0.1, 0.15) is 37.7 Å². The van der Waals surface area contributed by atoms with Gasteiger partial charge in [-0.15, -0.1) is 0 Å². The average molecular weight is 320 g/mol. The van der Waals surface area contributed by atoms with E-state index in [1.54, 1.807) is 0 Å². The van der Waals surface area contributed by atoms with Crippen LogP contribution in [0.2, 0.25) is 0 Å². The molecule has 0 aliphatic carbocycles. The van der Waals surface area contributed by atoms with Gasteiger partial charge in [0.2, 0.25) is 5.91 Å². The number of benzene rings is 1. The molecular formula is C18H28N2O3. The number of amides is 1. The summed E-state index contributed by atoms with van der Waals surface area (Å²) in [6.07, 6.45) is 4.34. The fourth-order valence-corrected chi connectivity index (χ4v) is 2.55. The number of carbonyl (C=O) groups is 2. The van der Waals surface area contributed by atoms with Crippen LogP contribution in [-0.2, 0) is 16.0 Å². The summed E-state index contributed by atoms with van der Waals surface area (Å²) in [6, 6.07) is 9.98. The minimum atomic E-state index is -0.889. The van der Waals surface area contributed by atoms with Crippen molar-refractivity contribution in [3.63, 3.8) is 0 Å². The second-order valence-corrected chi connectivity index (χ2v) is 6.17. The van der Waals surface area contributed by atoms with Gasteiger partial charge in [-0.25, -0.2) is 0 Å². The van der Waals surface area contributed by atoms with Crippen molar-refractivity contribution >= 4 is 11.9 Å². The third-order valence-corrected chi connectivity index (χ3v) is 3.58. The number of hydrogen-bond acceptors (Lipinski definition) is 3. The highest BCUT2D eigenvalue weighted by Crippen LogP contribution is 2.08. The molecule has 0 fully saturated rings. The van der Waals surface area contributed by atoms with Gasteiger partial charge in [-0.05, 0) is 38.9 Å². The van der Waals surface area contributed by atoms with E-state index >= 15 is 0 Å². The summed E-state index contributed by atoms with van der Waals surface area (Å²) >= 11 is 0. The van der Waals surface area contributed by atoms with Crippen LogP contribution in [0.15, 0.2) is 30.3 Å². The number of nitrogens with zero attached hydrogens (tertiary/aromatic N) is 1. The summed E-state index contributed by atoms with van der Waals surface area (Å²) in [7, 11) is 3.73. The Morgan fingerprint density at radius 2 is 1.83 bits per heavy atom. The lowest BCUT2D eigenvalue weighted by Gasteiger charge is -2.20. The zero-order valence-electron chi connectivity index (χ0n) is 14.1. The molecule has 1 rings (SSSR count). The molecule has 2 N–H and O–H groups in total. The van der Waals surface area contributed by atoms with Crippen LogP contribution < -0.4 is 5.32 Å². The van der Waals surface area contributed by atoms with E-state index < -0.39 is 5.97 Å². The number of carboxylic acids is 1. The second kappa shape index (κ2) is 10.8. The van der Waals surface area contributed by atoms with Crippen molar-refractivity contribution in [2.24, 2.45) is 0 Å². The molecule has 1 aromatic carbocycles. The van der Waals surface area contributed by atoms with E-state index in [0.717, 1.165) is 25.7 Å². The summed E-state index contributed by atoms with van der Waals surface area (Å²) < 4.78 is 0. The summed E-state index contributed by atoms with van der Waals surface area (Å²) in [5.41, 5.74) is 1.32. The highest BCUT2D eigenvalue weighted by molar-refractivity contribution is 5.77. The number of carbonyl (C=O) groups excluding carboxylic acids is 1. The van der Waals surface area contributed by atoms with Crippen molar-refractivity contribution in [3.05, 3.63) is 35.9 Å². The van der Waals surface area contributed by atoms with Crippen LogP contribution in [-0.4, -0.2) is 48.6 Å². The maximum atomic E-state index is 11.9. The van der Waals surface area contributed by atoms with Gasteiger partial charge in [0, 0.05) is 13.0 Å². The van der Waals surface area contributed by atoms with Gasteiger partial charge in [0.05, 0.1) is 12.5 Å². The highest BCUT2D eigenvalue weighted by atomic mass is 16.4. The largest absolute Gasteiger partial charge is 0.481 e. The SMILES string of the molecule is CN(C)C[C@@H](CC(=O)O)NC(=O)CCCCCc1ccccc1. The minimum Gasteiger partial charge on any atom is -0.481 e. The zero-order valence-corrected chi connectivity index (χ0v) is 14.1. The quantitative estimate of drug-likeness (QED) is 0.614. The first-order valence-electron chi connectivity index (χ1n) is 8.17. The molecule has 0 spiro atoms. The normalized spacial score (nSPS) is 12.1. The van der Waals surface area contributed by atoms with Gasteiger partial charge in [-0.2, -0.15) is 0 Å². The monoisotopic (exact) mass is 320 g/mol. The maximum Gasteiger partial charge on any atom is 0.305 e. The molecule has 0 saturated heterocycles. The molecule has 0 unspecified atom stereocenters. The molecule has 5 nitrogen and oxygen atoms in total. The number of rotatable bonds is 11. The van der Waals surface area contributed by atoms with Crippen LogP contribution in [0, 0.1) is 0 Å². The number of carboxylic acid groups (broad SMARTS) is 1. The first-order chi connectivity index (χ1) is 11.0. The molecule has 0 aliphatic heterocycles. The summed E-state index contributed by atoms with van der Waals surface area (Å²) in [4.78, 5) is 24.6. The standard InChI is InChI=1S/C18H28N2O3/c1-20(2)14-16(13-18(22)23)19-17(21)12-8-4-7-11-15-9-5-3-6-10-15/h3,5-6,9-10,16H,4,7-8,11-14H2,1-2H3,(H,19,21)(H,22,23)/t16-/m1/s1. The van der Waals surface area contributed by atoms with Gasteiger partial charge in [-0.3, -0.25) is 9.59 Å². The Bertz CT molecular complexity index is 474. The highest BCUT2D eigenvalue weighted by Gasteiger charge is 2.16. The Kier molecular flexibility index (Phi) is 8.98. The Morgan fingerprint density at radius 1 is 1.13 bits per heavy atom. The lowest BCUT2D eigenvalue weighted by Crippen LogP contribution is -2.42. The molecule has 1 aromatic rings. The van der Waals surface area contributed by atoms with Crippen LogP contribution in [0.5, 0.6) is 0 Å². The predicted molar refractivity (Wildman–Crippen MR) is 91.4 cm³/mol. The van der Waals surface area contributed by atoms with Gasteiger partial charge in [-0.1, -0.05) is 36.8 Å². The smallest absolute Gasteiger partial charge is 0.305 e. The summed E-state index contributed by atoms with van der Waals surface area (Å²) in [6.45, 7) is 0.534. The van der Waals surface area contributed by atoms with Crippen LogP contribution in [0.4, 0.5) is 0 Å². The van der Waals surface area contributed by atoms with Crippen molar-refractivity contribution < 1.29 is 14.7 Å². The van der Waals surface area contributed by atoms with Gasteiger partial charge in [0.1, 0.15) is 0 Å². The van der Waals surface area contributed by atoms with E-state index in [2.05, 4.69) is 17.4 Å². The molecular weight excluding hydrogens is 292 g/mol. The number of unbranched alkanes of at least 4 members (excludes halogenated alkanes) is 2. The van der Waals surface area contributed by atoms with Gasteiger partial charge in [0.25, 0.3) is 0 Å². The molecule has 1 amide bonds.